The normalized spacial score (nSPS) is 11.8. The number of hydrogen-bond donors (Lipinski definition) is 2. The molecule has 0 heterocycles. The molecule has 0 aliphatic heterocycles. The molecule has 0 aromatic rings. The van der Waals surface area contributed by atoms with Crippen molar-refractivity contribution in [2.75, 3.05) is 26.2 Å². The molecule has 2 atom stereocenters. The Morgan fingerprint density at radius 1 is 0.720 bits per heavy atom. The molecule has 0 amide bonds. The molecular weight excluding hydrogens is 626 g/mol. The summed E-state index contributed by atoms with van der Waals surface area (Å²) < 4.78 is 17.2. The maximum absolute atomic E-state index is 9.02. The van der Waals surface area contributed by atoms with Crippen LogP contribution in [0.25, 0.3) is 0 Å². The van der Waals surface area contributed by atoms with E-state index < -0.39 is 38.9 Å². The topological polar surface area (TPSA) is 81.1 Å². The van der Waals surface area contributed by atoms with Crippen LogP contribution in [0.4, 0.5) is 0 Å². The zero-order valence-corrected chi connectivity index (χ0v) is 23.0. The minimum Gasteiger partial charge on any atom is -1.00 e. The van der Waals surface area contributed by atoms with Crippen molar-refractivity contribution in [2.24, 2.45) is 0 Å². The van der Waals surface area contributed by atoms with Gasteiger partial charge in [-0.1, -0.05) is 27.7 Å². The SMILES string of the molecule is CCCN(CCC)C(O)[S-].CCCN(CCC)C(O)[S-].[O]=[U+2]=[O].[S-][S-]. The number of rotatable bonds is 10. The first-order chi connectivity index (χ1) is 11.9. The van der Waals surface area contributed by atoms with Crippen LogP contribution >= 0.6 is 0 Å². The van der Waals surface area contributed by atoms with Crippen molar-refractivity contribution in [3.05, 3.63) is 0 Å². The van der Waals surface area contributed by atoms with E-state index in [0.29, 0.717) is 0 Å². The van der Waals surface area contributed by atoms with Gasteiger partial charge in [-0.2, -0.15) is 0 Å². The standard InChI is InChI=1S/2C7H17NOS.2O.S2.U/c2*1-3-5-8(6-4-2)7(9)10;;;1-2;/h2*7,9-10H,3-6H2,1-2H3;;;;/q;;;;-2;+2/p-2. The molecule has 0 saturated carbocycles. The van der Waals surface area contributed by atoms with E-state index in [2.05, 4.69) is 51.0 Å². The third-order valence-corrected chi connectivity index (χ3v) is 3.26. The molecule has 0 aliphatic carbocycles. The van der Waals surface area contributed by atoms with Gasteiger partial charge < -0.3 is 58.8 Å². The van der Waals surface area contributed by atoms with E-state index in [1.54, 1.807) is 0 Å². The van der Waals surface area contributed by atoms with E-state index in [0.717, 1.165) is 51.9 Å². The molecule has 25 heavy (non-hydrogen) atoms. The number of aliphatic hydroxyl groups is 2. The van der Waals surface area contributed by atoms with E-state index in [1.165, 1.54) is 0 Å². The van der Waals surface area contributed by atoms with Crippen LogP contribution < -0.4 is 0 Å². The van der Waals surface area contributed by atoms with Crippen LogP contribution in [0, 0.1) is 27.8 Å². The summed E-state index contributed by atoms with van der Waals surface area (Å²) in [6.45, 7) is 11.9. The fraction of sp³-hybridized carbons (Fsp3) is 1.00. The second-order valence-corrected chi connectivity index (χ2v) is 6.35. The Morgan fingerprint density at radius 3 is 0.960 bits per heavy atom. The van der Waals surface area contributed by atoms with Gasteiger partial charge in [-0.25, -0.2) is 0 Å². The first-order valence-electron chi connectivity index (χ1n) is 8.17. The molecular formula is C14H32N2O4S4U-2. The molecule has 0 aliphatic rings. The molecule has 0 aromatic carbocycles. The third kappa shape index (κ3) is 30.8. The summed E-state index contributed by atoms with van der Waals surface area (Å²) in [4.78, 5) is 3.80. The first kappa shape index (κ1) is 34.4. The third-order valence-electron chi connectivity index (χ3n) is 2.67. The second kappa shape index (κ2) is 30.6. The van der Waals surface area contributed by atoms with Gasteiger partial charge in [-0.3, -0.25) is 9.80 Å². The van der Waals surface area contributed by atoms with Gasteiger partial charge >= 0.3 is 32.3 Å². The van der Waals surface area contributed by atoms with Gasteiger partial charge in [0.15, 0.2) is 0 Å². The van der Waals surface area contributed by atoms with Gasteiger partial charge in [-0.05, 0) is 63.0 Å². The number of aliphatic hydroxyl groups excluding tert-OH is 2. The van der Waals surface area contributed by atoms with Crippen molar-refractivity contribution in [3.63, 3.8) is 0 Å². The fourth-order valence-electron chi connectivity index (χ4n) is 1.81. The first-order valence-corrected chi connectivity index (χ1v) is 13.8. The van der Waals surface area contributed by atoms with E-state index in [1.807, 2.05) is 9.80 Å². The Balaban J connectivity index is -0.000000140. The molecule has 0 radical (unpaired) electrons. The zero-order valence-electron chi connectivity index (χ0n) is 15.5. The van der Waals surface area contributed by atoms with Crippen LogP contribution in [-0.4, -0.2) is 57.3 Å². The maximum atomic E-state index is 9.02. The molecule has 0 saturated heterocycles. The van der Waals surface area contributed by atoms with Crippen molar-refractivity contribution in [1.82, 2.24) is 9.80 Å². The van der Waals surface area contributed by atoms with Crippen molar-refractivity contribution < 1.29 is 42.5 Å². The Kier molecular flexibility index (Phi) is 42.1. The summed E-state index contributed by atoms with van der Waals surface area (Å²) >= 11 is 14.3. The maximum Gasteiger partial charge on any atom is -1.00 e. The Morgan fingerprint density at radius 2 is 0.880 bits per heavy atom. The molecule has 0 fully saturated rings. The molecule has 2 unspecified atom stereocenters. The summed E-state index contributed by atoms with van der Waals surface area (Å²) in [6, 6.07) is 0. The van der Waals surface area contributed by atoms with Gasteiger partial charge in [0.1, 0.15) is 0 Å². The second-order valence-electron chi connectivity index (χ2n) is 4.81. The monoisotopic (exact) mass is 658 g/mol. The van der Waals surface area contributed by atoms with Crippen LogP contribution in [0.2, 0.25) is 0 Å². The van der Waals surface area contributed by atoms with Crippen LogP contribution in [0.1, 0.15) is 53.4 Å². The molecule has 0 rings (SSSR count). The molecule has 0 spiro atoms. The van der Waals surface area contributed by atoms with E-state index in [9.17, 15) is 0 Å². The van der Waals surface area contributed by atoms with E-state index >= 15 is 0 Å². The van der Waals surface area contributed by atoms with Crippen LogP contribution in [-0.2, 0) is 53.1 Å². The van der Waals surface area contributed by atoms with Gasteiger partial charge in [0.05, 0.1) is 0 Å². The summed E-state index contributed by atoms with van der Waals surface area (Å²) in [5.74, 6) is 0. The van der Waals surface area contributed by atoms with Gasteiger partial charge in [0.25, 0.3) is 0 Å². The van der Waals surface area contributed by atoms with Gasteiger partial charge in [0.2, 0.25) is 0 Å². The van der Waals surface area contributed by atoms with Crippen LogP contribution in [0.5, 0.6) is 0 Å². The Hall–Kier alpha value is 1.89. The van der Waals surface area contributed by atoms with E-state index in [-0.39, 0.29) is 0 Å². The van der Waals surface area contributed by atoms with Crippen LogP contribution in [0.3, 0.4) is 0 Å². The van der Waals surface area contributed by atoms with E-state index in [4.69, 9.17) is 39.9 Å². The average Bonchev–Trinajstić information content (AvgIpc) is 2.57. The van der Waals surface area contributed by atoms with Crippen molar-refractivity contribution in [3.8, 4) is 0 Å². The van der Waals surface area contributed by atoms with Gasteiger partial charge in [0, 0.05) is 0 Å². The molecule has 2 N–H and O–H groups in total. The van der Waals surface area contributed by atoms with Crippen molar-refractivity contribution >= 4 is 48.6 Å². The quantitative estimate of drug-likeness (QED) is 0.206. The summed E-state index contributed by atoms with van der Waals surface area (Å²) in [7, 11) is 0. The van der Waals surface area contributed by atoms with Gasteiger partial charge in [-0.15, -0.1) is 0 Å². The molecule has 6 nitrogen and oxygen atoms in total. The minimum atomic E-state index is -2.51. The predicted octanol–water partition coefficient (Wildman–Crippen LogP) is 1.62. The number of nitrogens with zero attached hydrogens (tertiary/aromatic N) is 2. The largest absolute Gasteiger partial charge is 1.00 e. The summed E-state index contributed by atoms with van der Waals surface area (Å²) in [6.07, 6.45) is 4.20. The average molecular weight is 659 g/mol. The number of hydrogen-bond acceptors (Lipinski definition) is 10. The summed E-state index contributed by atoms with van der Waals surface area (Å²) in [5, 5.41) is 18.0. The van der Waals surface area contributed by atoms with Crippen molar-refractivity contribution in [2.45, 2.75) is 64.5 Å². The summed E-state index contributed by atoms with van der Waals surface area (Å²) in [5.41, 5.74) is -1.39. The molecule has 0 bridgehead atoms. The zero-order chi connectivity index (χ0) is 20.7. The minimum absolute atomic E-state index is 0.695. The molecule has 11 heteroatoms. The smallest absolute Gasteiger partial charge is 1.00 e. The van der Waals surface area contributed by atoms with Crippen molar-refractivity contribution in [1.29, 1.82) is 0 Å². The molecule has 0 aromatic heterocycles. The Labute approximate surface area is 190 Å². The Bertz CT molecular complexity index is 243. The fourth-order valence-corrected chi connectivity index (χ4v) is 2.24. The predicted molar refractivity (Wildman–Crippen MR) is 107 cm³/mol. The molecule has 152 valence electrons. The van der Waals surface area contributed by atoms with Crippen LogP contribution in [0.15, 0.2) is 0 Å².